The third-order valence-electron chi connectivity index (χ3n) is 2.33. The summed E-state index contributed by atoms with van der Waals surface area (Å²) in [6.07, 6.45) is -2.77. The number of aliphatic hydroxyl groups is 4. The van der Waals surface area contributed by atoms with Crippen molar-refractivity contribution in [3.05, 3.63) is 0 Å². The molecular formula is C7H14O5. The van der Waals surface area contributed by atoms with Crippen molar-refractivity contribution in [2.45, 2.75) is 37.4 Å². The molecule has 1 fully saturated rings. The van der Waals surface area contributed by atoms with E-state index in [-0.39, 0.29) is 0 Å². The molecule has 1 saturated heterocycles. The lowest BCUT2D eigenvalue weighted by Crippen LogP contribution is -2.50. The van der Waals surface area contributed by atoms with Gasteiger partial charge in [-0.25, -0.2) is 0 Å². The van der Waals surface area contributed by atoms with Crippen LogP contribution in [0.3, 0.4) is 0 Å². The Morgan fingerprint density at radius 1 is 1.33 bits per heavy atom. The van der Waals surface area contributed by atoms with Gasteiger partial charge in [0.05, 0.1) is 6.61 Å². The highest BCUT2D eigenvalue weighted by Gasteiger charge is 2.57. The molecule has 5 nitrogen and oxygen atoms in total. The summed E-state index contributed by atoms with van der Waals surface area (Å²) >= 11 is 0. The van der Waals surface area contributed by atoms with Gasteiger partial charge in [-0.15, -0.1) is 0 Å². The van der Waals surface area contributed by atoms with E-state index in [0.29, 0.717) is 0 Å². The molecule has 0 aromatic carbocycles. The largest absolute Gasteiger partial charge is 0.393 e. The van der Waals surface area contributed by atoms with Crippen LogP contribution in [0.4, 0.5) is 0 Å². The second-order valence-corrected chi connectivity index (χ2v) is 3.57. The molecule has 4 N–H and O–H groups in total. The predicted octanol–water partition coefficient (Wildman–Crippen LogP) is -1.80. The molecule has 12 heavy (non-hydrogen) atoms. The summed E-state index contributed by atoms with van der Waals surface area (Å²) in [4.78, 5) is 0. The lowest BCUT2D eigenvalue weighted by Gasteiger charge is -2.27. The first-order chi connectivity index (χ1) is 5.34. The molecule has 0 spiro atoms. The molecule has 0 aromatic heterocycles. The van der Waals surface area contributed by atoms with E-state index in [0.717, 1.165) is 0 Å². The van der Waals surface area contributed by atoms with Crippen LogP contribution in [-0.4, -0.2) is 50.6 Å². The maximum Gasteiger partial charge on any atom is 0.187 e. The van der Waals surface area contributed by atoms with E-state index in [4.69, 9.17) is 14.9 Å². The van der Waals surface area contributed by atoms with Gasteiger partial charge in [-0.05, 0) is 13.8 Å². The van der Waals surface area contributed by atoms with Crippen LogP contribution in [-0.2, 0) is 4.74 Å². The third-order valence-corrected chi connectivity index (χ3v) is 2.33. The van der Waals surface area contributed by atoms with Crippen LogP contribution in [0.2, 0.25) is 0 Å². The second-order valence-electron chi connectivity index (χ2n) is 3.57. The minimum absolute atomic E-state index is 0.457. The maximum absolute atomic E-state index is 9.46. The smallest absolute Gasteiger partial charge is 0.187 e. The normalized spacial score (nSPS) is 54.5. The SMILES string of the molecule is C[C@]1(O)[C@H](O)O[C@@](C)(CO)[C@@H]1O. The zero-order valence-corrected chi connectivity index (χ0v) is 7.06. The summed E-state index contributed by atoms with van der Waals surface area (Å²) in [5, 5.41) is 36.9. The molecule has 0 amide bonds. The minimum atomic E-state index is -1.72. The molecular weight excluding hydrogens is 164 g/mol. The van der Waals surface area contributed by atoms with Gasteiger partial charge in [0, 0.05) is 0 Å². The number of rotatable bonds is 1. The summed E-state index contributed by atoms with van der Waals surface area (Å²) in [6.45, 7) is 2.22. The number of hydrogen-bond donors (Lipinski definition) is 4. The Kier molecular flexibility index (Phi) is 2.18. The number of aliphatic hydroxyl groups excluding tert-OH is 3. The quantitative estimate of drug-likeness (QED) is 0.380. The van der Waals surface area contributed by atoms with Gasteiger partial charge in [0.2, 0.25) is 0 Å². The van der Waals surface area contributed by atoms with Crippen LogP contribution in [0.15, 0.2) is 0 Å². The van der Waals surface area contributed by atoms with Crippen molar-refractivity contribution >= 4 is 0 Å². The Labute approximate surface area is 70.2 Å². The van der Waals surface area contributed by atoms with Crippen molar-refractivity contribution in [1.82, 2.24) is 0 Å². The molecule has 5 heteroatoms. The van der Waals surface area contributed by atoms with Gasteiger partial charge in [0.25, 0.3) is 0 Å². The summed E-state index contributed by atoms with van der Waals surface area (Å²) < 4.78 is 4.83. The van der Waals surface area contributed by atoms with E-state index < -0.39 is 30.2 Å². The first-order valence-corrected chi connectivity index (χ1v) is 3.72. The van der Waals surface area contributed by atoms with Crippen LogP contribution in [0.1, 0.15) is 13.8 Å². The van der Waals surface area contributed by atoms with Crippen molar-refractivity contribution in [3.8, 4) is 0 Å². The molecule has 0 aromatic rings. The van der Waals surface area contributed by atoms with Crippen LogP contribution in [0.25, 0.3) is 0 Å². The highest BCUT2D eigenvalue weighted by Crippen LogP contribution is 2.36. The zero-order chi connectivity index (χ0) is 9.57. The van der Waals surface area contributed by atoms with Crippen LogP contribution >= 0.6 is 0 Å². The lowest BCUT2D eigenvalue weighted by atomic mass is 9.90. The van der Waals surface area contributed by atoms with Crippen LogP contribution in [0, 0.1) is 0 Å². The summed E-state index contributed by atoms with van der Waals surface area (Å²) in [6, 6.07) is 0. The van der Waals surface area contributed by atoms with Crippen molar-refractivity contribution in [2.24, 2.45) is 0 Å². The van der Waals surface area contributed by atoms with Gasteiger partial charge in [-0.3, -0.25) is 0 Å². The molecule has 1 rings (SSSR count). The number of ether oxygens (including phenoxy) is 1. The molecule has 0 saturated carbocycles. The van der Waals surface area contributed by atoms with E-state index >= 15 is 0 Å². The van der Waals surface area contributed by atoms with Gasteiger partial charge in [-0.2, -0.15) is 0 Å². The fourth-order valence-corrected chi connectivity index (χ4v) is 1.32. The molecule has 4 atom stereocenters. The van der Waals surface area contributed by atoms with Crippen LogP contribution in [0.5, 0.6) is 0 Å². The van der Waals surface area contributed by atoms with Crippen molar-refractivity contribution in [2.75, 3.05) is 6.61 Å². The van der Waals surface area contributed by atoms with E-state index in [1.165, 1.54) is 13.8 Å². The van der Waals surface area contributed by atoms with Crippen LogP contribution < -0.4 is 0 Å². The average molecular weight is 178 g/mol. The fourth-order valence-electron chi connectivity index (χ4n) is 1.32. The second kappa shape index (κ2) is 2.65. The van der Waals surface area contributed by atoms with Crippen molar-refractivity contribution in [3.63, 3.8) is 0 Å². The fraction of sp³-hybridized carbons (Fsp3) is 1.00. The van der Waals surface area contributed by atoms with Gasteiger partial charge in [-0.1, -0.05) is 0 Å². The third kappa shape index (κ3) is 1.14. The number of hydrogen-bond acceptors (Lipinski definition) is 5. The lowest BCUT2D eigenvalue weighted by molar-refractivity contribution is -0.185. The molecule has 1 aliphatic rings. The monoisotopic (exact) mass is 178 g/mol. The highest BCUT2D eigenvalue weighted by atomic mass is 16.7. The maximum atomic E-state index is 9.46. The molecule has 0 bridgehead atoms. The van der Waals surface area contributed by atoms with Gasteiger partial charge in [0.1, 0.15) is 17.3 Å². The van der Waals surface area contributed by atoms with E-state index in [9.17, 15) is 10.2 Å². The molecule has 72 valence electrons. The topological polar surface area (TPSA) is 90.2 Å². The summed E-state index contributed by atoms with van der Waals surface area (Å²) in [5.74, 6) is 0. The van der Waals surface area contributed by atoms with Crippen molar-refractivity contribution < 1.29 is 25.2 Å². The van der Waals surface area contributed by atoms with Gasteiger partial charge >= 0.3 is 0 Å². The Morgan fingerprint density at radius 3 is 2.00 bits per heavy atom. The minimum Gasteiger partial charge on any atom is -0.393 e. The summed E-state index contributed by atoms with van der Waals surface area (Å²) in [7, 11) is 0. The van der Waals surface area contributed by atoms with E-state index in [1.807, 2.05) is 0 Å². The molecule has 0 unspecified atom stereocenters. The molecule has 1 aliphatic heterocycles. The first kappa shape index (κ1) is 9.88. The Balaban J connectivity index is 2.90. The van der Waals surface area contributed by atoms with E-state index in [2.05, 4.69) is 0 Å². The van der Waals surface area contributed by atoms with Gasteiger partial charge < -0.3 is 25.2 Å². The molecule has 0 aliphatic carbocycles. The Bertz CT molecular complexity index is 181. The Hall–Kier alpha value is -0.200. The average Bonchev–Trinajstić information content (AvgIpc) is 2.14. The Morgan fingerprint density at radius 2 is 1.83 bits per heavy atom. The van der Waals surface area contributed by atoms with Crippen molar-refractivity contribution in [1.29, 1.82) is 0 Å². The summed E-state index contributed by atoms with van der Waals surface area (Å²) in [5.41, 5.74) is -3.01. The first-order valence-electron chi connectivity index (χ1n) is 3.72. The highest BCUT2D eigenvalue weighted by molar-refractivity contribution is 5.03. The predicted molar refractivity (Wildman–Crippen MR) is 39.2 cm³/mol. The molecule has 0 radical (unpaired) electrons. The van der Waals surface area contributed by atoms with E-state index in [1.54, 1.807) is 0 Å². The molecule has 1 heterocycles. The van der Waals surface area contributed by atoms with Gasteiger partial charge in [0.15, 0.2) is 6.29 Å². The standard InChI is InChI=1S/C7H14O5/c1-6(3-8)4(9)7(2,11)5(10)12-6/h4-5,8-11H,3H2,1-2H3/t4-,5+,6-,7+/m0/s1. The zero-order valence-electron chi connectivity index (χ0n) is 7.06.